The molecule has 3 aromatic rings. The lowest BCUT2D eigenvalue weighted by Crippen LogP contribution is -2.26. The van der Waals surface area contributed by atoms with Crippen LogP contribution in [0.5, 0.6) is 5.75 Å². The first-order chi connectivity index (χ1) is 15.9. The highest BCUT2D eigenvalue weighted by Crippen LogP contribution is 2.30. The zero-order valence-electron chi connectivity index (χ0n) is 18.4. The minimum absolute atomic E-state index is 0.0170. The maximum absolute atomic E-state index is 12.2. The van der Waals surface area contributed by atoms with Gasteiger partial charge >= 0.3 is 0 Å². The van der Waals surface area contributed by atoms with Crippen molar-refractivity contribution in [1.82, 2.24) is 10.6 Å². The summed E-state index contributed by atoms with van der Waals surface area (Å²) in [4.78, 5) is 12.2. The van der Waals surface area contributed by atoms with Crippen molar-refractivity contribution in [2.75, 3.05) is 7.11 Å². The van der Waals surface area contributed by atoms with Crippen LogP contribution in [0.3, 0.4) is 0 Å². The van der Waals surface area contributed by atoms with Gasteiger partial charge in [0.25, 0.3) is 0 Å². The van der Waals surface area contributed by atoms with Gasteiger partial charge in [0.2, 0.25) is 5.91 Å². The van der Waals surface area contributed by atoms with E-state index in [-0.39, 0.29) is 23.2 Å². The van der Waals surface area contributed by atoms with E-state index in [4.69, 9.17) is 28.6 Å². The molecule has 33 heavy (non-hydrogen) atoms. The Kier molecular flexibility index (Phi) is 7.71. The molecule has 170 valence electrons. The average Bonchev–Trinajstić information content (AvgIpc) is 3.14. The molecule has 1 aliphatic rings. The molecule has 0 aliphatic carbocycles. The van der Waals surface area contributed by atoms with Gasteiger partial charge in [-0.25, -0.2) is 0 Å². The Morgan fingerprint density at radius 1 is 1.06 bits per heavy atom. The molecule has 4 rings (SSSR count). The smallest absolute Gasteiger partial charge is 0.239 e. The van der Waals surface area contributed by atoms with Crippen LogP contribution in [0.1, 0.15) is 41.3 Å². The maximum atomic E-state index is 12.2. The quantitative estimate of drug-likeness (QED) is 0.383. The van der Waals surface area contributed by atoms with E-state index in [0.717, 1.165) is 33.0 Å². The van der Waals surface area contributed by atoms with Crippen LogP contribution in [0.15, 0.2) is 72.8 Å². The highest BCUT2D eigenvalue weighted by molar-refractivity contribution is 8.24. The Morgan fingerprint density at radius 3 is 2.39 bits per heavy atom. The number of thioether (sulfide) groups is 1. The van der Waals surface area contributed by atoms with E-state index in [2.05, 4.69) is 47.9 Å². The molecule has 1 amide bonds. The average molecular weight is 497 g/mol. The number of halogens is 1. The van der Waals surface area contributed by atoms with Crippen molar-refractivity contribution >= 4 is 45.8 Å². The number of benzene rings is 3. The molecule has 7 heteroatoms. The number of thiocarbonyl (C=S) groups is 1. The Bertz CT molecular complexity index is 1140. The summed E-state index contributed by atoms with van der Waals surface area (Å²) in [7, 11) is 1.67. The van der Waals surface area contributed by atoms with E-state index in [9.17, 15) is 4.79 Å². The molecule has 3 unspecified atom stereocenters. The van der Waals surface area contributed by atoms with E-state index < -0.39 is 0 Å². The molecule has 0 aromatic heterocycles. The molecule has 1 fully saturated rings. The lowest BCUT2D eigenvalue weighted by atomic mass is 9.94. The number of hydrogen-bond acceptors (Lipinski definition) is 5. The van der Waals surface area contributed by atoms with Gasteiger partial charge in [0, 0.05) is 11.1 Å². The summed E-state index contributed by atoms with van der Waals surface area (Å²) in [5.41, 5.74) is 4.51. The van der Waals surface area contributed by atoms with Gasteiger partial charge in [0.1, 0.15) is 10.1 Å². The van der Waals surface area contributed by atoms with Crippen molar-refractivity contribution in [3.8, 4) is 5.75 Å². The van der Waals surface area contributed by atoms with E-state index in [1.54, 1.807) is 7.11 Å². The minimum Gasteiger partial charge on any atom is -0.497 e. The number of hydrogen-bond donors (Lipinski definition) is 2. The molecule has 1 saturated heterocycles. The van der Waals surface area contributed by atoms with Crippen molar-refractivity contribution in [3.05, 3.63) is 100 Å². The molecule has 0 radical (unpaired) electrons. The number of amides is 1. The lowest BCUT2D eigenvalue weighted by molar-refractivity contribution is -0.118. The minimum atomic E-state index is -0.187. The second-order valence-electron chi connectivity index (χ2n) is 7.98. The number of rotatable bonds is 8. The van der Waals surface area contributed by atoms with Gasteiger partial charge in [-0.15, -0.1) is 0 Å². The summed E-state index contributed by atoms with van der Waals surface area (Å²) in [5.74, 6) is 0.800. The first-order valence-corrected chi connectivity index (χ1v) is 12.4. The number of carbonyl (C=O) groups excluding carboxylic acids is 1. The van der Waals surface area contributed by atoms with E-state index in [1.807, 2.05) is 42.5 Å². The molecular weight excluding hydrogens is 472 g/mol. The van der Waals surface area contributed by atoms with Gasteiger partial charge in [-0.2, -0.15) is 0 Å². The van der Waals surface area contributed by atoms with Crippen molar-refractivity contribution < 1.29 is 9.53 Å². The Balaban J connectivity index is 1.63. The highest BCUT2D eigenvalue weighted by Gasteiger charge is 2.29. The van der Waals surface area contributed by atoms with Gasteiger partial charge in [0.15, 0.2) is 0 Å². The van der Waals surface area contributed by atoms with Crippen LogP contribution in [-0.2, 0) is 11.2 Å². The molecule has 4 nitrogen and oxygen atoms in total. The Hall–Kier alpha value is -2.38. The van der Waals surface area contributed by atoms with Crippen molar-refractivity contribution in [3.63, 3.8) is 0 Å². The van der Waals surface area contributed by atoms with Gasteiger partial charge in [0.05, 0.1) is 18.4 Å². The number of nitrogens with one attached hydrogen (secondary N) is 2. The fourth-order valence-corrected chi connectivity index (χ4v) is 5.36. The molecule has 1 heterocycles. The van der Waals surface area contributed by atoms with E-state index in [0.29, 0.717) is 10.7 Å². The van der Waals surface area contributed by atoms with Gasteiger partial charge in [-0.05, 0) is 59.9 Å². The van der Waals surface area contributed by atoms with Crippen LogP contribution in [-0.4, -0.2) is 22.6 Å². The number of carbonyl (C=O) groups is 1. The van der Waals surface area contributed by atoms with E-state index in [1.165, 1.54) is 11.8 Å². The Morgan fingerprint density at radius 2 is 1.76 bits per heavy atom. The highest BCUT2D eigenvalue weighted by atomic mass is 35.5. The van der Waals surface area contributed by atoms with Crippen molar-refractivity contribution in [2.24, 2.45) is 0 Å². The monoisotopic (exact) mass is 496 g/mol. The summed E-state index contributed by atoms with van der Waals surface area (Å²) < 4.78 is 5.90. The second kappa shape index (κ2) is 10.7. The van der Waals surface area contributed by atoms with Crippen molar-refractivity contribution in [2.45, 2.75) is 30.7 Å². The van der Waals surface area contributed by atoms with Crippen LogP contribution >= 0.6 is 35.6 Å². The zero-order chi connectivity index (χ0) is 23.4. The molecule has 0 spiro atoms. The Labute approximate surface area is 209 Å². The predicted octanol–water partition coefficient (Wildman–Crippen LogP) is 5.85. The third-order valence-corrected chi connectivity index (χ3v) is 7.33. The molecule has 0 bridgehead atoms. The summed E-state index contributed by atoms with van der Waals surface area (Å²) in [6, 6.07) is 24.4. The summed E-state index contributed by atoms with van der Waals surface area (Å²) in [5, 5.41) is 7.04. The topological polar surface area (TPSA) is 50.4 Å². The van der Waals surface area contributed by atoms with Gasteiger partial charge in [-0.3, -0.25) is 10.1 Å². The van der Waals surface area contributed by atoms with Crippen LogP contribution in [0.25, 0.3) is 0 Å². The van der Waals surface area contributed by atoms with Crippen LogP contribution < -0.4 is 15.4 Å². The largest absolute Gasteiger partial charge is 0.497 e. The normalized spacial score (nSPS) is 17.5. The lowest BCUT2D eigenvalue weighted by Gasteiger charge is -2.25. The molecule has 3 atom stereocenters. The first-order valence-electron chi connectivity index (χ1n) is 10.7. The molecule has 2 N–H and O–H groups in total. The van der Waals surface area contributed by atoms with Gasteiger partial charge in [-0.1, -0.05) is 84.1 Å². The molecule has 0 saturated carbocycles. The number of methoxy groups -OCH3 is 1. The standard InChI is InChI=1S/C26H25ClN2O2S2/c1-16(18-6-10-21(27)11-7-18)28-24(19-8-12-22(31-2)13-9-19)20-5-3-4-17(14-20)15-23-25(30)29-26(32)33-23/h3-14,16,23-24,28H,15H2,1-2H3,(H,29,30,32). The third kappa shape index (κ3) is 5.95. The second-order valence-corrected chi connectivity index (χ2v) is 10.3. The van der Waals surface area contributed by atoms with E-state index >= 15 is 0 Å². The SMILES string of the molecule is COc1ccc(C(NC(C)c2ccc(Cl)cc2)c2cccc(CC3SC(=S)NC3=O)c2)cc1. The molecular formula is C26H25ClN2O2S2. The van der Waals surface area contributed by atoms with Gasteiger partial charge < -0.3 is 10.1 Å². The summed E-state index contributed by atoms with van der Waals surface area (Å²) in [6.45, 7) is 2.14. The van der Waals surface area contributed by atoms with Crippen molar-refractivity contribution in [1.29, 1.82) is 0 Å². The number of ether oxygens (including phenoxy) is 1. The predicted molar refractivity (Wildman–Crippen MR) is 140 cm³/mol. The fourth-order valence-electron chi connectivity index (χ4n) is 3.92. The molecule has 3 aromatic carbocycles. The fraction of sp³-hybridized carbons (Fsp3) is 0.231. The van der Waals surface area contributed by atoms with Crippen LogP contribution in [0.2, 0.25) is 5.02 Å². The molecule has 1 aliphatic heterocycles. The maximum Gasteiger partial charge on any atom is 0.239 e. The third-order valence-electron chi connectivity index (χ3n) is 5.71. The first kappa shape index (κ1) is 23.8. The summed E-state index contributed by atoms with van der Waals surface area (Å²) in [6.07, 6.45) is 0.631. The van der Waals surface area contributed by atoms with Crippen LogP contribution in [0, 0.1) is 0 Å². The summed E-state index contributed by atoms with van der Waals surface area (Å²) >= 11 is 12.6. The zero-order valence-corrected chi connectivity index (χ0v) is 20.8. The van der Waals surface area contributed by atoms with Crippen LogP contribution in [0.4, 0.5) is 0 Å².